The number of pyridine rings is 1. The topological polar surface area (TPSA) is 64.9 Å². The summed E-state index contributed by atoms with van der Waals surface area (Å²) in [6.45, 7) is 1.73. The predicted molar refractivity (Wildman–Crippen MR) is 70.8 cm³/mol. The largest absolute Gasteiger partial charge is 0.416 e. The van der Waals surface area contributed by atoms with Crippen molar-refractivity contribution in [3.63, 3.8) is 0 Å². The lowest BCUT2D eigenvalue weighted by Crippen LogP contribution is -2.18. The van der Waals surface area contributed by atoms with Crippen LogP contribution in [-0.4, -0.2) is 4.98 Å². The van der Waals surface area contributed by atoms with Crippen LogP contribution in [0.2, 0.25) is 0 Å². The smallest absolute Gasteiger partial charge is 0.383 e. The van der Waals surface area contributed by atoms with Crippen molar-refractivity contribution in [2.24, 2.45) is 5.73 Å². The van der Waals surface area contributed by atoms with E-state index in [1.165, 1.54) is 6.20 Å². The number of aryl methyl sites for hydroxylation is 1. The van der Waals surface area contributed by atoms with Crippen LogP contribution in [0.25, 0.3) is 0 Å². The second-order valence-corrected chi connectivity index (χ2v) is 4.70. The van der Waals surface area contributed by atoms with Crippen molar-refractivity contribution in [2.75, 3.05) is 5.73 Å². The van der Waals surface area contributed by atoms with E-state index in [2.05, 4.69) is 4.98 Å². The van der Waals surface area contributed by atoms with E-state index >= 15 is 0 Å². The minimum absolute atomic E-state index is 0.0601. The van der Waals surface area contributed by atoms with Crippen LogP contribution in [0, 0.1) is 12.7 Å². The van der Waals surface area contributed by atoms with Crippen molar-refractivity contribution in [1.29, 1.82) is 0 Å². The summed E-state index contributed by atoms with van der Waals surface area (Å²) in [7, 11) is 0. The Balaban J connectivity index is 2.52. The molecule has 0 saturated heterocycles. The third-order valence-corrected chi connectivity index (χ3v) is 3.08. The SMILES string of the molecule is Cc1cnc(N)c(C(N)c2cc(C(F)(F)F)ccc2F)c1. The molecule has 112 valence electrons. The number of nitrogens with zero attached hydrogens (tertiary/aromatic N) is 1. The van der Waals surface area contributed by atoms with Gasteiger partial charge in [0.05, 0.1) is 11.6 Å². The molecule has 0 aliphatic rings. The normalized spacial score (nSPS) is 13.2. The summed E-state index contributed by atoms with van der Waals surface area (Å²) in [5.74, 6) is -0.763. The summed E-state index contributed by atoms with van der Waals surface area (Å²) < 4.78 is 51.9. The Morgan fingerprint density at radius 1 is 1.14 bits per heavy atom. The average Bonchev–Trinajstić information content (AvgIpc) is 2.40. The molecule has 0 aliphatic carbocycles. The summed E-state index contributed by atoms with van der Waals surface area (Å²) in [5.41, 5.74) is 11.3. The number of benzene rings is 1. The lowest BCUT2D eigenvalue weighted by atomic mass is 9.97. The molecule has 1 aromatic heterocycles. The number of nitrogen functional groups attached to an aromatic ring is 1. The van der Waals surface area contributed by atoms with Crippen LogP contribution in [0.15, 0.2) is 30.5 Å². The van der Waals surface area contributed by atoms with Crippen LogP contribution >= 0.6 is 0 Å². The Hall–Kier alpha value is -2.15. The predicted octanol–water partition coefficient (Wildman–Crippen LogP) is 3.18. The van der Waals surface area contributed by atoms with E-state index in [4.69, 9.17) is 11.5 Å². The summed E-state index contributed by atoms with van der Waals surface area (Å²) in [6, 6.07) is 2.56. The third-order valence-electron chi connectivity index (χ3n) is 3.08. The molecule has 7 heteroatoms. The van der Waals surface area contributed by atoms with Gasteiger partial charge >= 0.3 is 6.18 Å². The monoisotopic (exact) mass is 299 g/mol. The summed E-state index contributed by atoms with van der Waals surface area (Å²) >= 11 is 0. The zero-order valence-electron chi connectivity index (χ0n) is 11.1. The first-order valence-corrected chi connectivity index (χ1v) is 6.04. The molecule has 0 aliphatic heterocycles. The van der Waals surface area contributed by atoms with Gasteiger partial charge in [0.15, 0.2) is 0 Å². The molecule has 3 nitrogen and oxygen atoms in total. The van der Waals surface area contributed by atoms with Gasteiger partial charge in [0, 0.05) is 17.3 Å². The number of alkyl halides is 3. The molecule has 2 rings (SSSR count). The minimum Gasteiger partial charge on any atom is -0.383 e. The van der Waals surface area contributed by atoms with Crippen molar-refractivity contribution in [1.82, 2.24) is 4.98 Å². The first kappa shape index (κ1) is 15.2. The fourth-order valence-corrected chi connectivity index (χ4v) is 1.98. The van der Waals surface area contributed by atoms with E-state index in [1.807, 2.05) is 0 Å². The minimum atomic E-state index is -4.57. The molecule has 0 fully saturated rings. The van der Waals surface area contributed by atoms with Crippen LogP contribution in [0.3, 0.4) is 0 Å². The van der Waals surface area contributed by atoms with Gasteiger partial charge in [-0.15, -0.1) is 0 Å². The first-order valence-electron chi connectivity index (χ1n) is 6.04. The molecule has 21 heavy (non-hydrogen) atoms. The number of halogens is 4. The molecule has 2 aromatic rings. The van der Waals surface area contributed by atoms with Crippen LogP contribution in [0.1, 0.15) is 28.3 Å². The standard InChI is InChI=1S/C14H13F4N3/c1-7-4-10(13(20)21-6-7)12(19)9-5-8(14(16,17)18)2-3-11(9)15/h2-6,12H,19H2,1H3,(H2,20,21). The van der Waals surface area contributed by atoms with E-state index in [9.17, 15) is 17.6 Å². The highest BCUT2D eigenvalue weighted by Gasteiger charge is 2.32. The first-order chi connectivity index (χ1) is 9.70. The number of rotatable bonds is 2. The molecule has 1 unspecified atom stereocenters. The molecule has 1 heterocycles. The number of aromatic nitrogens is 1. The van der Waals surface area contributed by atoms with Gasteiger partial charge < -0.3 is 11.5 Å². The highest BCUT2D eigenvalue weighted by atomic mass is 19.4. The number of nitrogens with two attached hydrogens (primary N) is 2. The summed E-state index contributed by atoms with van der Waals surface area (Å²) in [5, 5.41) is 0. The van der Waals surface area contributed by atoms with Gasteiger partial charge in [0.2, 0.25) is 0 Å². The second kappa shape index (κ2) is 5.33. The molecule has 0 spiro atoms. The van der Waals surface area contributed by atoms with Gasteiger partial charge in [-0.25, -0.2) is 9.37 Å². The highest BCUT2D eigenvalue weighted by molar-refractivity contribution is 5.47. The molecule has 0 amide bonds. The summed E-state index contributed by atoms with van der Waals surface area (Å²) in [6.07, 6.45) is -3.08. The molecular formula is C14H13F4N3. The van der Waals surface area contributed by atoms with Crippen LogP contribution in [0.5, 0.6) is 0 Å². The molecule has 4 N–H and O–H groups in total. The van der Waals surface area contributed by atoms with Crippen molar-refractivity contribution in [3.8, 4) is 0 Å². The summed E-state index contributed by atoms with van der Waals surface area (Å²) in [4.78, 5) is 3.88. The molecule has 0 radical (unpaired) electrons. The average molecular weight is 299 g/mol. The molecule has 1 aromatic carbocycles. The zero-order valence-corrected chi connectivity index (χ0v) is 11.1. The lowest BCUT2D eigenvalue weighted by molar-refractivity contribution is -0.137. The number of hydrogen-bond donors (Lipinski definition) is 2. The Kier molecular flexibility index (Phi) is 3.87. The van der Waals surface area contributed by atoms with E-state index in [0.29, 0.717) is 12.1 Å². The van der Waals surface area contributed by atoms with Crippen molar-refractivity contribution < 1.29 is 17.6 Å². The van der Waals surface area contributed by atoms with Gasteiger partial charge in [-0.05, 0) is 36.8 Å². The maximum atomic E-state index is 13.8. The Bertz CT molecular complexity index is 668. The van der Waals surface area contributed by atoms with Gasteiger partial charge in [-0.3, -0.25) is 0 Å². The van der Waals surface area contributed by atoms with E-state index in [0.717, 1.165) is 11.6 Å². The highest BCUT2D eigenvalue weighted by Crippen LogP contribution is 2.33. The van der Waals surface area contributed by atoms with Gasteiger partial charge in [-0.2, -0.15) is 13.2 Å². The zero-order chi connectivity index (χ0) is 15.8. The molecule has 0 saturated carbocycles. The quantitative estimate of drug-likeness (QED) is 0.837. The third kappa shape index (κ3) is 3.13. The van der Waals surface area contributed by atoms with E-state index in [1.54, 1.807) is 13.0 Å². The number of hydrogen-bond acceptors (Lipinski definition) is 3. The second-order valence-electron chi connectivity index (χ2n) is 4.70. The maximum absolute atomic E-state index is 13.8. The maximum Gasteiger partial charge on any atom is 0.416 e. The Morgan fingerprint density at radius 3 is 2.43 bits per heavy atom. The van der Waals surface area contributed by atoms with E-state index in [-0.39, 0.29) is 16.9 Å². The van der Waals surface area contributed by atoms with Crippen LogP contribution in [0.4, 0.5) is 23.4 Å². The Labute approximate surface area is 118 Å². The molecule has 0 bridgehead atoms. The van der Waals surface area contributed by atoms with Gasteiger partial charge in [-0.1, -0.05) is 0 Å². The van der Waals surface area contributed by atoms with Crippen LogP contribution in [-0.2, 0) is 6.18 Å². The van der Waals surface area contributed by atoms with Gasteiger partial charge in [0.1, 0.15) is 11.6 Å². The lowest BCUT2D eigenvalue weighted by Gasteiger charge is -2.17. The van der Waals surface area contributed by atoms with Gasteiger partial charge in [0.25, 0.3) is 0 Å². The van der Waals surface area contributed by atoms with Crippen molar-refractivity contribution >= 4 is 5.82 Å². The van der Waals surface area contributed by atoms with Crippen LogP contribution < -0.4 is 11.5 Å². The van der Waals surface area contributed by atoms with Crippen molar-refractivity contribution in [3.05, 3.63) is 58.5 Å². The Morgan fingerprint density at radius 2 is 1.81 bits per heavy atom. The fraction of sp³-hybridized carbons (Fsp3) is 0.214. The molecular weight excluding hydrogens is 286 g/mol. The fourth-order valence-electron chi connectivity index (χ4n) is 1.98. The van der Waals surface area contributed by atoms with Crippen molar-refractivity contribution in [2.45, 2.75) is 19.1 Å². The van der Waals surface area contributed by atoms with E-state index < -0.39 is 23.6 Å². The molecule has 1 atom stereocenters. The number of anilines is 1.